The molecule has 1 saturated heterocycles. The fraction of sp³-hybridized carbons (Fsp3) is 0.500. The Morgan fingerprint density at radius 1 is 1.31 bits per heavy atom. The third-order valence-corrected chi connectivity index (χ3v) is 6.76. The van der Waals surface area contributed by atoms with E-state index in [2.05, 4.69) is 20.5 Å². The van der Waals surface area contributed by atoms with Gasteiger partial charge in [-0.25, -0.2) is 4.79 Å². The van der Waals surface area contributed by atoms with Crippen molar-refractivity contribution in [2.24, 2.45) is 5.41 Å². The topological polar surface area (TPSA) is 121 Å². The number of rotatable bonds is 2. The van der Waals surface area contributed by atoms with Gasteiger partial charge in [0.05, 0.1) is 25.8 Å². The molecule has 2 aromatic rings. The van der Waals surface area contributed by atoms with Crippen LogP contribution in [0.25, 0.3) is 11.5 Å². The molecule has 13 heteroatoms. The van der Waals surface area contributed by atoms with Gasteiger partial charge >= 0.3 is 18.1 Å². The maximum absolute atomic E-state index is 13.8. The molecule has 3 aliphatic rings. The third-order valence-electron chi connectivity index (χ3n) is 6.76. The number of hydrogen-bond acceptors (Lipinski definition) is 8. The summed E-state index contributed by atoms with van der Waals surface area (Å²) in [6, 6.07) is 3.43. The number of amides is 3. The Hall–Kier alpha value is -3.48. The molecule has 5 rings (SSSR count). The number of ether oxygens (including phenoxy) is 2. The summed E-state index contributed by atoms with van der Waals surface area (Å²) in [4.78, 5) is 29.7. The van der Waals surface area contributed by atoms with Crippen molar-refractivity contribution in [1.82, 2.24) is 15.5 Å². The van der Waals surface area contributed by atoms with E-state index in [-0.39, 0.29) is 24.6 Å². The number of morpholine rings is 1. The van der Waals surface area contributed by atoms with Gasteiger partial charge in [-0.3, -0.25) is 0 Å². The van der Waals surface area contributed by atoms with Crippen LogP contribution in [0.4, 0.5) is 23.7 Å². The summed E-state index contributed by atoms with van der Waals surface area (Å²) >= 11 is 0. The van der Waals surface area contributed by atoms with Gasteiger partial charge in [0.15, 0.2) is 11.5 Å². The number of carbonyl (C=O) groups excluding carboxylic acids is 2. The number of urea groups is 1. The number of methoxy groups -OCH3 is 1. The number of hydrogen-bond donors (Lipinski definition) is 2. The number of imide groups is 1. The lowest BCUT2D eigenvalue weighted by atomic mass is 9.66. The summed E-state index contributed by atoms with van der Waals surface area (Å²) in [7, 11) is 1.30. The highest BCUT2D eigenvalue weighted by Crippen LogP contribution is 2.49. The fourth-order valence-corrected chi connectivity index (χ4v) is 5.34. The van der Waals surface area contributed by atoms with Crippen LogP contribution in [-0.2, 0) is 20.7 Å². The number of halogens is 3. The Morgan fingerprint density at radius 3 is 2.71 bits per heavy atom. The van der Waals surface area contributed by atoms with E-state index in [1.165, 1.54) is 7.11 Å². The zero-order valence-corrected chi connectivity index (χ0v) is 19.1. The van der Waals surface area contributed by atoms with Crippen molar-refractivity contribution >= 4 is 23.5 Å². The largest absolute Gasteiger partial charge is 0.498 e. The SMILES string of the molecule is CC[C@@H]1O[C@H](C(F)(F)F)CN2c3ccc(-c4nnc(C)o4)cc3C[C@@]3(C(=O)NC(=O)[NH+]=C3OC)[C@@H]12. The molecule has 2 N–H and O–H groups in total. The van der Waals surface area contributed by atoms with Crippen molar-refractivity contribution in [1.29, 1.82) is 0 Å². The zero-order valence-electron chi connectivity index (χ0n) is 19.1. The average Bonchev–Trinajstić information content (AvgIpc) is 3.25. The highest BCUT2D eigenvalue weighted by atomic mass is 19.4. The lowest BCUT2D eigenvalue weighted by Crippen LogP contribution is -2.91. The molecule has 0 radical (unpaired) electrons. The molecule has 0 unspecified atom stereocenters. The first-order chi connectivity index (χ1) is 16.6. The van der Waals surface area contributed by atoms with Gasteiger partial charge in [0.25, 0.3) is 5.90 Å². The van der Waals surface area contributed by atoms with Gasteiger partial charge in [-0.05, 0) is 30.2 Å². The van der Waals surface area contributed by atoms with Crippen molar-refractivity contribution < 1.29 is 41.6 Å². The summed E-state index contributed by atoms with van der Waals surface area (Å²) in [5.74, 6) is -0.130. The van der Waals surface area contributed by atoms with E-state index in [1.54, 1.807) is 36.9 Å². The summed E-state index contributed by atoms with van der Waals surface area (Å²) in [6.45, 7) is 2.80. The molecule has 0 saturated carbocycles. The zero-order chi connectivity index (χ0) is 25.1. The number of nitrogens with zero attached hydrogens (tertiary/aromatic N) is 3. The van der Waals surface area contributed by atoms with Crippen LogP contribution < -0.4 is 15.2 Å². The van der Waals surface area contributed by atoms with E-state index in [1.807, 2.05) is 0 Å². The lowest BCUT2D eigenvalue weighted by molar-refractivity contribution is -0.368. The highest BCUT2D eigenvalue weighted by molar-refractivity contribution is 6.12. The van der Waals surface area contributed by atoms with E-state index in [0.717, 1.165) is 0 Å². The van der Waals surface area contributed by atoms with Crippen LogP contribution in [0.15, 0.2) is 22.6 Å². The number of aromatic nitrogens is 2. The molecule has 35 heavy (non-hydrogen) atoms. The number of benzene rings is 1. The van der Waals surface area contributed by atoms with Gasteiger partial charge in [0.1, 0.15) is 0 Å². The standard InChI is InChI=1S/C22H22F3N5O5/c1-4-14-16-21(18(31)26-20(32)27-19(21)33-3)8-12-7-11(17-29-28-10(2)34-17)5-6-13(12)30(16)9-15(35-14)22(23,24)25/h5-7,14-16H,4,8-9H2,1-3H3,(H,26,31,32)/p+1/t14-,15-,16+,21-/m0/s1. The summed E-state index contributed by atoms with van der Waals surface area (Å²) in [5, 5.41) is 10.1. The molecule has 3 amide bonds. The Kier molecular flexibility index (Phi) is 5.34. The summed E-state index contributed by atoms with van der Waals surface area (Å²) < 4.78 is 58.0. The van der Waals surface area contributed by atoms with Gasteiger partial charge in [-0.2, -0.15) is 28.3 Å². The van der Waals surface area contributed by atoms with Crippen molar-refractivity contribution in [2.45, 2.75) is 51.1 Å². The van der Waals surface area contributed by atoms with Crippen molar-refractivity contribution in [2.75, 3.05) is 18.6 Å². The first kappa shape index (κ1) is 23.3. The molecule has 0 aliphatic carbocycles. The quantitative estimate of drug-likeness (QED) is 0.631. The maximum Gasteiger partial charge on any atom is 0.498 e. The van der Waals surface area contributed by atoms with Crippen LogP contribution in [0.2, 0.25) is 0 Å². The molecule has 1 aromatic carbocycles. The van der Waals surface area contributed by atoms with E-state index in [4.69, 9.17) is 13.9 Å². The number of alkyl halides is 3. The normalized spacial score (nSPS) is 28.3. The van der Waals surface area contributed by atoms with E-state index in [0.29, 0.717) is 22.7 Å². The Bertz CT molecular complexity index is 1230. The first-order valence-electron chi connectivity index (χ1n) is 11.0. The van der Waals surface area contributed by atoms with Crippen LogP contribution in [0, 0.1) is 12.3 Å². The molecule has 4 atom stereocenters. The van der Waals surface area contributed by atoms with Crippen LogP contribution in [0.5, 0.6) is 0 Å². The maximum atomic E-state index is 13.8. The lowest BCUT2D eigenvalue weighted by Gasteiger charge is -2.55. The van der Waals surface area contributed by atoms with Crippen LogP contribution in [0.3, 0.4) is 0 Å². The van der Waals surface area contributed by atoms with Gasteiger partial charge < -0.3 is 18.8 Å². The number of anilines is 1. The van der Waals surface area contributed by atoms with E-state index < -0.39 is 48.3 Å². The minimum Gasteiger partial charge on any atom is -0.468 e. The third kappa shape index (κ3) is 3.56. The number of fused-ring (bicyclic) bond motifs is 4. The first-order valence-corrected chi connectivity index (χ1v) is 11.0. The van der Waals surface area contributed by atoms with Gasteiger partial charge in [-0.1, -0.05) is 6.92 Å². The molecule has 0 bridgehead atoms. The van der Waals surface area contributed by atoms with Crippen molar-refractivity contribution in [3.63, 3.8) is 0 Å². The Balaban J connectivity index is 1.72. The van der Waals surface area contributed by atoms with Gasteiger partial charge in [0, 0.05) is 24.6 Å². The minimum atomic E-state index is -4.61. The second kappa shape index (κ2) is 8.04. The predicted molar refractivity (Wildman–Crippen MR) is 113 cm³/mol. The monoisotopic (exact) mass is 494 g/mol. The van der Waals surface area contributed by atoms with Crippen LogP contribution >= 0.6 is 0 Å². The van der Waals surface area contributed by atoms with Crippen LogP contribution in [-0.4, -0.2) is 66.1 Å². The Labute approximate surface area is 197 Å². The number of nitrogens with one attached hydrogen (secondary N) is 2. The number of carbonyl (C=O) groups is 2. The van der Waals surface area contributed by atoms with Gasteiger partial charge in [-0.15, -0.1) is 10.2 Å². The van der Waals surface area contributed by atoms with E-state index >= 15 is 0 Å². The smallest absolute Gasteiger partial charge is 0.468 e. The predicted octanol–water partition coefficient (Wildman–Crippen LogP) is 0.878. The molecular weight excluding hydrogens is 471 g/mol. The molecule has 1 aromatic heterocycles. The average molecular weight is 494 g/mol. The Morgan fingerprint density at radius 2 is 2.09 bits per heavy atom. The van der Waals surface area contributed by atoms with Crippen molar-refractivity contribution in [3.05, 3.63) is 29.7 Å². The molecule has 1 spiro atoms. The molecule has 10 nitrogen and oxygen atoms in total. The minimum absolute atomic E-state index is 0.0380. The second-order valence-electron chi connectivity index (χ2n) is 8.77. The van der Waals surface area contributed by atoms with Crippen LogP contribution in [0.1, 0.15) is 24.8 Å². The molecule has 1 fully saturated rings. The highest BCUT2D eigenvalue weighted by Gasteiger charge is 2.67. The molecule has 4 heterocycles. The summed E-state index contributed by atoms with van der Waals surface area (Å²) in [6.07, 6.45) is -7.41. The molecule has 186 valence electrons. The molecular formula is C22H23F3N5O5+. The number of aryl methyl sites for hydroxylation is 1. The van der Waals surface area contributed by atoms with Gasteiger partial charge in [0.2, 0.25) is 11.8 Å². The van der Waals surface area contributed by atoms with E-state index in [9.17, 15) is 22.8 Å². The second-order valence-corrected chi connectivity index (χ2v) is 8.77. The fourth-order valence-electron chi connectivity index (χ4n) is 5.34. The van der Waals surface area contributed by atoms with Crippen molar-refractivity contribution in [3.8, 4) is 11.5 Å². The molecule has 3 aliphatic heterocycles. The summed E-state index contributed by atoms with van der Waals surface area (Å²) in [5.41, 5.74) is 0.0887.